The molecule has 0 N–H and O–H groups in total. The summed E-state index contributed by atoms with van der Waals surface area (Å²) in [5.41, 5.74) is 4.42. The number of likely N-dealkylation sites (tertiary alicyclic amines) is 1. The molecule has 2 fully saturated rings. The molecule has 4 heterocycles. The average Bonchev–Trinajstić information content (AvgIpc) is 3.23. The van der Waals surface area contributed by atoms with E-state index in [9.17, 15) is 4.79 Å². The predicted octanol–water partition coefficient (Wildman–Crippen LogP) is 3.98. The number of carbonyl (C=O) groups excluding carboxylic acids is 1. The fourth-order valence-corrected chi connectivity index (χ4v) is 5.07. The lowest BCUT2D eigenvalue weighted by Crippen LogP contribution is -2.48. The molecule has 2 aliphatic rings. The Morgan fingerprint density at radius 1 is 1.17 bits per heavy atom. The van der Waals surface area contributed by atoms with Crippen LogP contribution in [0.15, 0.2) is 54.9 Å². The molecule has 1 atom stereocenters. The Labute approximate surface area is 177 Å². The zero-order chi connectivity index (χ0) is 20.6. The highest BCUT2D eigenvalue weighted by Gasteiger charge is 2.41. The van der Waals surface area contributed by atoms with Gasteiger partial charge in [-0.3, -0.25) is 4.79 Å². The summed E-state index contributed by atoms with van der Waals surface area (Å²) in [4.78, 5) is 20.1. The van der Waals surface area contributed by atoms with Gasteiger partial charge in [0.2, 0.25) is 5.91 Å². The largest absolute Gasteiger partial charge is 0.381 e. The van der Waals surface area contributed by atoms with Crippen molar-refractivity contribution in [3.63, 3.8) is 0 Å². The van der Waals surface area contributed by atoms with Crippen LogP contribution in [0.2, 0.25) is 0 Å². The summed E-state index contributed by atoms with van der Waals surface area (Å²) in [6, 6.07) is 14.9. The summed E-state index contributed by atoms with van der Waals surface area (Å²) < 4.78 is 7.67. The quantitative estimate of drug-likeness (QED) is 0.665. The zero-order valence-electron chi connectivity index (χ0n) is 17.6. The average molecular weight is 404 g/mol. The lowest BCUT2D eigenvalue weighted by atomic mass is 9.70. The standard InChI is InChI=1S/C25H29N3O2/c1-19-9-12-28-17-22(26-23(28)16-19)25(21-7-3-2-4-8-21)10-13-27(14-11-25)24(29)20-6-5-15-30-18-20/h2-4,7-9,12,16-17,20H,5-6,10-11,13-15,18H2,1H3. The van der Waals surface area contributed by atoms with Gasteiger partial charge in [0, 0.05) is 37.5 Å². The number of hydrogen-bond donors (Lipinski definition) is 0. The first-order valence-corrected chi connectivity index (χ1v) is 11.0. The van der Waals surface area contributed by atoms with E-state index in [4.69, 9.17) is 9.72 Å². The summed E-state index contributed by atoms with van der Waals surface area (Å²) in [5.74, 6) is 0.295. The molecule has 1 amide bonds. The van der Waals surface area contributed by atoms with Crippen LogP contribution in [0, 0.1) is 12.8 Å². The Morgan fingerprint density at radius 2 is 1.97 bits per heavy atom. The number of rotatable bonds is 3. The first-order chi connectivity index (χ1) is 14.7. The molecule has 0 bridgehead atoms. The van der Waals surface area contributed by atoms with Gasteiger partial charge in [-0.1, -0.05) is 30.3 Å². The van der Waals surface area contributed by atoms with Crippen molar-refractivity contribution in [1.82, 2.24) is 14.3 Å². The summed E-state index contributed by atoms with van der Waals surface area (Å²) in [6.45, 7) is 4.98. The van der Waals surface area contributed by atoms with E-state index in [0.717, 1.165) is 56.7 Å². The molecular formula is C25H29N3O2. The number of pyridine rings is 1. The van der Waals surface area contributed by atoms with Crippen LogP contribution in [0.4, 0.5) is 0 Å². The highest BCUT2D eigenvalue weighted by Crippen LogP contribution is 2.41. The Hall–Kier alpha value is -2.66. The maximum absolute atomic E-state index is 13.0. The molecule has 0 radical (unpaired) electrons. The number of hydrogen-bond acceptors (Lipinski definition) is 3. The third-order valence-corrected chi connectivity index (χ3v) is 6.87. The fourth-order valence-electron chi connectivity index (χ4n) is 5.07. The molecule has 3 aromatic rings. The van der Waals surface area contributed by atoms with E-state index >= 15 is 0 Å². The fraction of sp³-hybridized carbons (Fsp3) is 0.440. The summed E-state index contributed by atoms with van der Waals surface area (Å²) in [6.07, 6.45) is 7.97. The number of piperidine rings is 1. The second kappa shape index (κ2) is 7.88. The molecule has 5 heteroatoms. The van der Waals surface area contributed by atoms with E-state index in [1.807, 2.05) is 0 Å². The Kier molecular flexibility index (Phi) is 5.07. The Bertz CT molecular complexity index is 1030. The zero-order valence-corrected chi connectivity index (χ0v) is 17.6. The number of amides is 1. The van der Waals surface area contributed by atoms with Gasteiger partial charge in [0.25, 0.3) is 0 Å². The minimum absolute atomic E-state index is 0.0288. The van der Waals surface area contributed by atoms with Gasteiger partial charge < -0.3 is 14.0 Å². The van der Waals surface area contributed by atoms with Gasteiger partial charge in [-0.25, -0.2) is 4.98 Å². The van der Waals surface area contributed by atoms with Crippen LogP contribution in [0.1, 0.15) is 42.5 Å². The molecule has 1 unspecified atom stereocenters. The van der Waals surface area contributed by atoms with Crippen molar-refractivity contribution in [3.8, 4) is 0 Å². The van der Waals surface area contributed by atoms with Crippen molar-refractivity contribution in [3.05, 3.63) is 71.7 Å². The molecule has 5 rings (SSSR count). The number of nitrogens with zero attached hydrogens (tertiary/aromatic N) is 3. The van der Waals surface area contributed by atoms with E-state index in [1.165, 1.54) is 11.1 Å². The van der Waals surface area contributed by atoms with E-state index in [1.54, 1.807) is 0 Å². The minimum atomic E-state index is -0.166. The van der Waals surface area contributed by atoms with Gasteiger partial charge in [-0.2, -0.15) is 0 Å². The van der Waals surface area contributed by atoms with Crippen LogP contribution in [0.3, 0.4) is 0 Å². The SMILES string of the molecule is Cc1ccn2cc(C3(c4ccccc4)CCN(C(=O)C4CCCOC4)CC3)nc2c1. The van der Waals surface area contributed by atoms with Crippen molar-refractivity contribution in [2.45, 2.75) is 38.0 Å². The molecule has 0 saturated carbocycles. The smallest absolute Gasteiger partial charge is 0.228 e. The summed E-state index contributed by atoms with van der Waals surface area (Å²) >= 11 is 0. The van der Waals surface area contributed by atoms with Crippen molar-refractivity contribution < 1.29 is 9.53 Å². The predicted molar refractivity (Wildman–Crippen MR) is 117 cm³/mol. The third kappa shape index (κ3) is 3.41. The molecule has 156 valence electrons. The molecule has 0 aliphatic carbocycles. The maximum Gasteiger partial charge on any atom is 0.228 e. The molecule has 5 nitrogen and oxygen atoms in total. The number of imidazole rings is 1. The van der Waals surface area contributed by atoms with E-state index in [2.05, 4.69) is 71.1 Å². The lowest BCUT2D eigenvalue weighted by molar-refractivity contribution is -0.141. The number of benzene rings is 1. The molecule has 0 spiro atoms. The highest BCUT2D eigenvalue weighted by molar-refractivity contribution is 5.79. The number of carbonyl (C=O) groups is 1. The Morgan fingerprint density at radius 3 is 2.70 bits per heavy atom. The second-order valence-corrected chi connectivity index (χ2v) is 8.78. The molecule has 2 aliphatic heterocycles. The van der Waals surface area contributed by atoms with E-state index in [-0.39, 0.29) is 17.2 Å². The van der Waals surface area contributed by atoms with Crippen molar-refractivity contribution in [1.29, 1.82) is 0 Å². The second-order valence-electron chi connectivity index (χ2n) is 8.78. The van der Waals surface area contributed by atoms with Gasteiger partial charge in [0.05, 0.1) is 18.2 Å². The first-order valence-electron chi connectivity index (χ1n) is 11.0. The van der Waals surface area contributed by atoms with Gasteiger partial charge in [-0.15, -0.1) is 0 Å². The normalized spacial score (nSPS) is 21.6. The van der Waals surface area contributed by atoms with Crippen LogP contribution >= 0.6 is 0 Å². The maximum atomic E-state index is 13.0. The van der Waals surface area contributed by atoms with Crippen molar-refractivity contribution in [2.24, 2.45) is 5.92 Å². The van der Waals surface area contributed by atoms with Gasteiger partial charge >= 0.3 is 0 Å². The van der Waals surface area contributed by atoms with E-state index < -0.39 is 0 Å². The van der Waals surface area contributed by atoms with Crippen LogP contribution in [0.5, 0.6) is 0 Å². The molecular weight excluding hydrogens is 374 g/mol. The minimum Gasteiger partial charge on any atom is -0.381 e. The first kappa shape index (κ1) is 19.3. The monoisotopic (exact) mass is 403 g/mol. The van der Waals surface area contributed by atoms with Gasteiger partial charge in [-0.05, 0) is 55.9 Å². The molecule has 2 aromatic heterocycles. The van der Waals surface area contributed by atoms with Gasteiger partial charge in [0.15, 0.2) is 0 Å². The topological polar surface area (TPSA) is 46.8 Å². The van der Waals surface area contributed by atoms with E-state index in [0.29, 0.717) is 6.61 Å². The number of aryl methyl sites for hydroxylation is 1. The van der Waals surface area contributed by atoms with Crippen molar-refractivity contribution >= 4 is 11.6 Å². The third-order valence-electron chi connectivity index (χ3n) is 6.87. The molecule has 2 saturated heterocycles. The summed E-state index contributed by atoms with van der Waals surface area (Å²) in [7, 11) is 0. The van der Waals surface area contributed by atoms with Crippen LogP contribution in [0.25, 0.3) is 5.65 Å². The number of aromatic nitrogens is 2. The van der Waals surface area contributed by atoms with Crippen LogP contribution in [-0.2, 0) is 14.9 Å². The van der Waals surface area contributed by atoms with Gasteiger partial charge in [0.1, 0.15) is 5.65 Å². The lowest BCUT2D eigenvalue weighted by Gasteiger charge is -2.42. The van der Waals surface area contributed by atoms with Crippen LogP contribution < -0.4 is 0 Å². The highest BCUT2D eigenvalue weighted by atomic mass is 16.5. The summed E-state index contributed by atoms with van der Waals surface area (Å²) in [5, 5.41) is 0. The molecule has 1 aromatic carbocycles. The number of fused-ring (bicyclic) bond motifs is 1. The molecule has 30 heavy (non-hydrogen) atoms. The van der Waals surface area contributed by atoms with Crippen molar-refractivity contribution in [2.75, 3.05) is 26.3 Å². The Balaban J connectivity index is 1.46. The van der Waals surface area contributed by atoms with Crippen LogP contribution in [-0.4, -0.2) is 46.5 Å². The number of ether oxygens (including phenoxy) is 1.